The Labute approximate surface area is 88.1 Å². The number of hydrogen-bond acceptors (Lipinski definition) is 2. The lowest BCUT2D eigenvalue weighted by atomic mass is 9.85. The fourth-order valence-corrected chi connectivity index (χ4v) is 2.40. The molecule has 0 aromatic heterocycles. The van der Waals surface area contributed by atoms with Gasteiger partial charge in [0.1, 0.15) is 0 Å². The first-order valence-corrected chi connectivity index (χ1v) is 6.10. The fourth-order valence-electron chi connectivity index (χ4n) is 2.40. The highest BCUT2D eigenvalue weighted by Crippen LogP contribution is 2.35. The maximum atomic E-state index is 10.3. The number of hydrogen-bond donors (Lipinski definition) is 2. The highest BCUT2D eigenvalue weighted by Gasteiger charge is 2.33. The highest BCUT2D eigenvalue weighted by atomic mass is 16.3. The zero-order valence-corrected chi connectivity index (χ0v) is 9.68. The average molecular weight is 199 g/mol. The second-order valence-electron chi connectivity index (χ2n) is 4.84. The summed E-state index contributed by atoms with van der Waals surface area (Å²) < 4.78 is 0. The first kappa shape index (κ1) is 12.0. The topological polar surface area (TPSA) is 32.3 Å². The van der Waals surface area contributed by atoms with Crippen LogP contribution in [0.2, 0.25) is 0 Å². The molecule has 14 heavy (non-hydrogen) atoms. The summed E-state index contributed by atoms with van der Waals surface area (Å²) in [5.74, 6) is 0.547. The van der Waals surface area contributed by atoms with E-state index >= 15 is 0 Å². The van der Waals surface area contributed by atoms with E-state index in [1.165, 1.54) is 32.1 Å². The van der Waals surface area contributed by atoms with Crippen LogP contribution < -0.4 is 5.32 Å². The zero-order chi connectivity index (χ0) is 10.4. The van der Waals surface area contributed by atoms with Gasteiger partial charge in [-0.05, 0) is 51.6 Å². The molecule has 2 nitrogen and oxygen atoms in total. The summed E-state index contributed by atoms with van der Waals surface area (Å²) in [6.45, 7) is 6.21. The third-order valence-electron chi connectivity index (χ3n) is 3.47. The molecule has 1 atom stereocenters. The second-order valence-corrected chi connectivity index (χ2v) is 4.84. The van der Waals surface area contributed by atoms with Crippen LogP contribution in [0.25, 0.3) is 0 Å². The molecule has 0 aromatic carbocycles. The van der Waals surface area contributed by atoms with Gasteiger partial charge in [0.15, 0.2) is 0 Å². The van der Waals surface area contributed by atoms with Gasteiger partial charge in [-0.25, -0.2) is 0 Å². The van der Waals surface area contributed by atoms with Gasteiger partial charge in [-0.1, -0.05) is 19.8 Å². The van der Waals surface area contributed by atoms with Crippen molar-refractivity contribution in [1.29, 1.82) is 0 Å². The van der Waals surface area contributed by atoms with Gasteiger partial charge < -0.3 is 10.4 Å². The van der Waals surface area contributed by atoms with Gasteiger partial charge in [0, 0.05) is 0 Å². The molecule has 1 aliphatic rings. The van der Waals surface area contributed by atoms with Gasteiger partial charge >= 0.3 is 0 Å². The smallest absolute Gasteiger partial charge is 0.0659 e. The summed E-state index contributed by atoms with van der Waals surface area (Å²) in [7, 11) is 0. The molecular weight excluding hydrogens is 174 g/mol. The minimum absolute atomic E-state index is 0.433. The molecule has 0 aliphatic heterocycles. The molecule has 1 rings (SSSR count). The largest absolute Gasteiger partial charge is 0.390 e. The molecule has 0 bridgehead atoms. The van der Waals surface area contributed by atoms with Gasteiger partial charge in [0.25, 0.3) is 0 Å². The lowest BCUT2D eigenvalue weighted by molar-refractivity contribution is -0.00576. The molecule has 0 spiro atoms. The Bertz CT molecular complexity index is 150. The van der Waals surface area contributed by atoms with E-state index in [1.54, 1.807) is 0 Å². The van der Waals surface area contributed by atoms with Crippen molar-refractivity contribution in [2.45, 2.75) is 58.0 Å². The minimum Gasteiger partial charge on any atom is -0.390 e. The fraction of sp³-hybridized carbons (Fsp3) is 1.00. The third-order valence-corrected chi connectivity index (χ3v) is 3.47. The van der Waals surface area contributed by atoms with E-state index in [2.05, 4.69) is 12.2 Å². The Kier molecular flexibility index (Phi) is 4.90. The molecule has 0 saturated heterocycles. The highest BCUT2D eigenvalue weighted by molar-refractivity contribution is 4.85. The SMILES string of the molecule is CCCNCCC(C)(O)C1CCCC1. The van der Waals surface area contributed by atoms with Crippen molar-refractivity contribution in [2.24, 2.45) is 5.92 Å². The number of aliphatic hydroxyl groups is 1. The first-order valence-electron chi connectivity index (χ1n) is 6.10. The normalized spacial score (nSPS) is 22.5. The first-order chi connectivity index (χ1) is 6.67. The van der Waals surface area contributed by atoms with Crippen molar-refractivity contribution >= 4 is 0 Å². The van der Waals surface area contributed by atoms with Crippen molar-refractivity contribution < 1.29 is 5.11 Å². The van der Waals surface area contributed by atoms with Crippen molar-refractivity contribution in [3.8, 4) is 0 Å². The number of nitrogens with one attached hydrogen (secondary N) is 1. The van der Waals surface area contributed by atoms with Crippen LogP contribution in [-0.2, 0) is 0 Å². The van der Waals surface area contributed by atoms with Gasteiger partial charge in [0.05, 0.1) is 5.60 Å². The van der Waals surface area contributed by atoms with E-state index in [0.29, 0.717) is 5.92 Å². The molecule has 1 unspecified atom stereocenters. The molecule has 84 valence electrons. The molecule has 1 saturated carbocycles. The van der Waals surface area contributed by atoms with Gasteiger partial charge in [-0.2, -0.15) is 0 Å². The second kappa shape index (κ2) is 5.72. The van der Waals surface area contributed by atoms with Crippen LogP contribution in [0.5, 0.6) is 0 Å². The van der Waals surface area contributed by atoms with Gasteiger partial charge in [0.2, 0.25) is 0 Å². The Balaban J connectivity index is 2.19. The van der Waals surface area contributed by atoms with Crippen LogP contribution in [0.15, 0.2) is 0 Å². The summed E-state index contributed by atoms with van der Waals surface area (Å²) in [6.07, 6.45) is 7.14. The van der Waals surface area contributed by atoms with Crippen LogP contribution >= 0.6 is 0 Å². The predicted octanol–water partition coefficient (Wildman–Crippen LogP) is 2.32. The van der Waals surface area contributed by atoms with Crippen LogP contribution in [-0.4, -0.2) is 23.8 Å². The molecule has 1 aliphatic carbocycles. The molecular formula is C12H25NO. The van der Waals surface area contributed by atoms with E-state index in [4.69, 9.17) is 0 Å². The van der Waals surface area contributed by atoms with Gasteiger partial charge in [-0.3, -0.25) is 0 Å². The summed E-state index contributed by atoms with van der Waals surface area (Å²) in [6, 6.07) is 0. The van der Waals surface area contributed by atoms with E-state index in [1.807, 2.05) is 6.92 Å². The molecule has 0 heterocycles. The van der Waals surface area contributed by atoms with E-state index < -0.39 is 5.60 Å². The van der Waals surface area contributed by atoms with Crippen LogP contribution in [0.4, 0.5) is 0 Å². The number of rotatable bonds is 6. The zero-order valence-electron chi connectivity index (χ0n) is 9.68. The van der Waals surface area contributed by atoms with Crippen molar-refractivity contribution in [1.82, 2.24) is 5.32 Å². The van der Waals surface area contributed by atoms with Gasteiger partial charge in [-0.15, -0.1) is 0 Å². The summed E-state index contributed by atoms with van der Waals surface area (Å²) in [5.41, 5.74) is -0.433. The maximum Gasteiger partial charge on any atom is 0.0659 e. The minimum atomic E-state index is -0.433. The summed E-state index contributed by atoms with van der Waals surface area (Å²) in [5, 5.41) is 13.6. The predicted molar refractivity (Wildman–Crippen MR) is 60.4 cm³/mol. The Morgan fingerprint density at radius 3 is 2.50 bits per heavy atom. The van der Waals surface area contributed by atoms with Crippen molar-refractivity contribution in [3.63, 3.8) is 0 Å². The molecule has 1 fully saturated rings. The van der Waals surface area contributed by atoms with Crippen LogP contribution in [0.3, 0.4) is 0 Å². The molecule has 0 radical (unpaired) electrons. The Morgan fingerprint density at radius 1 is 1.29 bits per heavy atom. The van der Waals surface area contributed by atoms with Crippen molar-refractivity contribution in [3.05, 3.63) is 0 Å². The lowest BCUT2D eigenvalue weighted by Gasteiger charge is -2.30. The summed E-state index contributed by atoms with van der Waals surface area (Å²) in [4.78, 5) is 0. The quantitative estimate of drug-likeness (QED) is 0.643. The third kappa shape index (κ3) is 3.58. The standard InChI is InChI=1S/C12H25NO/c1-3-9-13-10-8-12(2,14)11-6-4-5-7-11/h11,13-14H,3-10H2,1-2H3. The molecule has 2 N–H and O–H groups in total. The van der Waals surface area contributed by atoms with E-state index in [0.717, 1.165) is 19.5 Å². The Hall–Kier alpha value is -0.0800. The lowest BCUT2D eigenvalue weighted by Crippen LogP contribution is -2.36. The van der Waals surface area contributed by atoms with Crippen molar-refractivity contribution in [2.75, 3.05) is 13.1 Å². The molecule has 2 heteroatoms. The monoisotopic (exact) mass is 199 g/mol. The maximum absolute atomic E-state index is 10.3. The Morgan fingerprint density at radius 2 is 1.93 bits per heavy atom. The van der Waals surface area contributed by atoms with E-state index in [9.17, 15) is 5.11 Å². The molecule has 0 amide bonds. The van der Waals surface area contributed by atoms with Crippen LogP contribution in [0.1, 0.15) is 52.4 Å². The molecule has 0 aromatic rings. The van der Waals surface area contributed by atoms with Crippen LogP contribution in [0, 0.1) is 5.92 Å². The summed E-state index contributed by atoms with van der Waals surface area (Å²) >= 11 is 0. The van der Waals surface area contributed by atoms with E-state index in [-0.39, 0.29) is 0 Å². The average Bonchev–Trinajstić information content (AvgIpc) is 2.65.